The van der Waals surface area contributed by atoms with Gasteiger partial charge in [-0.1, -0.05) is 45.9 Å². The molecule has 0 aliphatic heterocycles. The molecule has 156 valence electrons. The van der Waals surface area contributed by atoms with Gasteiger partial charge < -0.3 is 10.1 Å². The van der Waals surface area contributed by atoms with Crippen LogP contribution in [0.5, 0.6) is 0 Å². The number of carbonyl (C=O) groups excluding carboxylic acids is 2. The van der Waals surface area contributed by atoms with Gasteiger partial charge in [-0.3, -0.25) is 9.48 Å². The summed E-state index contributed by atoms with van der Waals surface area (Å²) >= 11 is 0. The number of nitrogens with zero attached hydrogens (tertiary/aromatic N) is 2. The highest BCUT2D eigenvalue weighted by molar-refractivity contribution is 5.96. The van der Waals surface area contributed by atoms with Gasteiger partial charge in [-0.15, -0.1) is 0 Å². The van der Waals surface area contributed by atoms with Crippen LogP contribution in [-0.4, -0.2) is 28.3 Å². The van der Waals surface area contributed by atoms with Crippen LogP contribution in [0.1, 0.15) is 67.6 Å². The van der Waals surface area contributed by atoms with Gasteiger partial charge in [-0.2, -0.15) is 5.10 Å². The third kappa shape index (κ3) is 5.56. The number of aryl methyl sites for hydroxylation is 2. The molecule has 2 aromatic rings. The molecule has 6 heteroatoms. The molecule has 1 heterocycles. The van der Waals surface area contributed by atoms with Gasteiger partial charge in [0.1, 0.15) is 0 Å². The van der Waals surface area contributed by atoms with E-state index in [0.29, 0.717) is 0 Å². The number of carbonyl (C=O) groups is 2. The number of benzene rings is 1. The van der Waals surface area contributed by atoms with Gasteiger partial charge in [0.25, 0.3) is 5.91 Å². The summed E-state index contributed by atoms with van der Waals surface area (Å²) in [5.41, 5.74) is 5.61. The maximum absolute atomic E-state index is 12.4. The number of esters is 1. The first-order valence-corrected chi connectivity index (χ1v) is 9.89. The van der Waals surface area contributed by atoms with E-state index in [1.54, 1.807) is 10.8 Å². The second kappa shape index (κ2) is 9.54. The molecule has 0 saturated carbocycles. The Kier molecular flexibility index (Phi) is 7.37. The van der Waals surface area contributed by atoms with E-state index in [1.807, 2.05) is 39.1 Å². The molecule has 0 fully saturated rings. The first-order valence-electron chi connectivity index (χ1n) is 9.89. The van der Waals surface area contributed by atoms with Crippen LogP contribution in [0.2, 0.25) is 0 Å². The van der Waals surface area contributed by atoms with E-state index in [2.05, 4.69) is 38.1 Å². The first-order chi connectivity index (χ1) is 13.6. The third-order valence-electron chi connectivity index (χ3n) is 4.93. The number of aromatic nitrogens is 2. The molecule has 0 spiro atoms. The highest BCUT2D eigenvalue weighted by Gasteiger charge is 2.16. The minimum absolute atomic E-state index is 0.264. The molecule has 0 unspecified atom stereocenters. The Morgan fingerprint density at radius 2 is 1.72 bits per heavy atom. The van der Waals surface area contributed by atoms with Crippen LogP contribution >= 0.6 is 0 Å². The van der Waals surface area contributed by atoms with Crippen molar-refractivity contribution in [2.75, 3.05) is 11.9 Å². The fraction of sp³-hybridized carbons (Fsp3) is 0.435. The molecule has 0 radical (unpaired) electrons. The van der Waals surface area contributed by atoms with Crippen LogP contribution in [-0.2, 0) is 21.4 Å². The quantitative estimate of drug-likeness (QED) is 0.552. The standard InChI is InChI=1S/C23H31N3O3/c1-14(2)18-9-8-10-19(15(3)4)23(18)24-21(27)13-29-22(28)12-11-20-16(5)25-26(7)17(20)6/h8-12,14-15H,13H2,1-7H3,(H,24,27)/b12-11+. The molecule has 0 saturated heterocycles. The van der Waals surface area contributed by atoms with Crippen molar-refractivity contribution < 1.29 is 14.3 Å². The molecule has 0 bridgehead atoms. The Labute approximate surface area is 173 Å². The van der Waals surface area contributed by atoms with Crippen molar-refractivity contribution in [2.24, 2.45) is 7.05 Å². The smallest absolute Gasteiger partial charge is 0.331 e. The maximum atomic E-state index is 12.4. The number of ether oxygens (including phenoxy) is 1. The van der Waals surface area contributed by atoms with Crippen LogP contribution < -0.4 is 5.32 Å². The van der Waals surface area contributed by atoms with Gasteiger partial charge in [0.2, 0.25) is 0 Å². The van der Waals surface area contributed by atoms with E-state index in [1.165, 1.54) is 6.08 Å². The number of anilines is 1. The van der Waals surface area contributed by atoms with Crippen molar-refractivity contribution in [1.29, 1.82) is 0 Å². The summed E-state index contributed by atoms with van der Waals surface area (Å²) in [6.07, 6.45) is 2.99. The lowest BCUT2D eigenvalue weighted by Gasteiger charge is -2.20. The molecular formula is C23H31N3O3. The summed E-state index contributed by atoms with van der Waals surface area (Å²) in [5, 5.41) is 7.24. The minimum atomic E-state index is -0.566. The topological polar surface area (TPSA) is 73.2 Å². The molecular weight excluding hydrogens is 366 g/mol. The number of nitrogens with one attached hydrogen (secondary N) is 1. The first kappa shape index (κ1) is 22.4. The van der Waals surface area contributed by atoms with Crippen LogP contribution in [0, 0.1) is 13.8 Å². The van der Waals surface area contributed by atoms with Crippen molar-refractivity contribution in [3.05, 3.63) is 52.4 Å². The van der Waals surface area contributed by atoms with E-state index in [-0.39, 0.29) is 24.3 Å². The molecule has 1 amide bonds. The predicted molar refractivity (Wildman–Crippen MR) is 116 cm³/mol. The molecule has 1 aromatic carbocycles. The number of hydrogen-bond donors (Lipinski definition) is 1. The van der Waals surface area contributed by atoms with E-state index >= 15 is 0 Å². The summed E-state index contributed by atoms with van der Waals surface area (Å²) in [4.78, 5) is 24.5. The lowest BCUT2D eigenvalue weighted by Crippen LogP contribution is -2.22. The average molecular weight is 398 g/mol. The van der Waals surface area contributed by atoms with Gasteiger partial charge in [-0.25, -0.2) is 4.79 Å². The molecule has 6 nitrogen and oxygen atoms in total. The molecule has 0 atom stereocenters. The Hall–Kier alpha value is -2.89. The second-order valence-corrected chi connectivity index (χ2v) is 7.82. The van der Waals surface area contributed by atoms with Crippen molar-refractivity contribution in [3.63, 3.8) is 0 Å². The van der Waals surface area contributed by atoms with Crippen molar-refractivity contribution >= 4 is 23.6 Å². The Morgan fingerprint density at radius 1 is 1.14 bits per heavy atom. The molecule has 0 aliphatic rings. The lowest BCUT2D eigenvalue weighted by atomic mass is 9.92. The zero-order valence-electron chi connectivity index (χ0n) is 18.4. The number of para-hydroxylation sites is 1. The highest BCUT2D eigenvalue weighted by Crippen LogP contribution is 2.32. The minimum Gasteiger partial charge on any atom is -0.452 e. The van der Waals surface area contributed by atoms with Gasteiger partial charge in [0, 0.05) is 30.1 Å². The molecule has 29 heavy (non-hydrogen) atoms. The summed E-state index contributed by atoms with van der Waals surface area (Å²) in [7, 11) is 1.85. The Bertz CT molecular complexity index is 897. The second-order valence-electron chi connectivity index (χ2n) is 7.82. The average Bonchev–Trinajstić information content (AvgIpc) is 2.89. The monoisotopic (exact) mass is 397 g/mol. The van der Waals surface area contributed by atoms with E-state index in [4.69, 9.17) is 4.74 Å². The predicted octanol–water partition coefficient (Wildman–Crippen LogP) is 4.48. The fourth-order valence-electron chi connectivity index (χ4n) is 3.24. The fourth-order valence-corrected chi connectivity index (χ4v) is 3.24. The normalized spacial score (nSPS) is 11.5. The van der Waals surface area contributed by atoms with Gasteiger partial charge >= 0.3 is 5.97 Å². The van der Waals surface area contributed by atoms with E-state index < -0.39 is 5.97 Å². The van der Waals surface area contributed by atoms with Gasteiger partial charge in [-0.05, 0) is 42.9 Å². The summed E-state index contributed by atoms with van der Waals surface area (Å²) in [6.45, 7) is 11.8. The molecule has 0 aliphatic carbocycles. The van der Waals surface area contributed by atoms with E-state index in [0.717, 1.165) is 33.8 Å². The third-order valence-corrected chi connectivity index (χ3v) is 4.93. The summed E-state index contributed by atoms with van der Waals surface area (Å²) in [5.74, 6) is -0.389. The van der Waals surface area contributed by atoms with Crippen LogP contribution in [0.3, 0.4) is 0 Å². The zero-order chi connectivity index (χ0) is 21.7. The lowest BCUT2D eigenvalue weighted by molar-refractivity contribution is -0.142. The van der Waals surface area contributed by atoms with Crippen molar-refractivity contribution in [2.45, 2.75) is 53.4 Å². The molecule has 1 aromatic heterocycles. The number of hydrogen-bond acceptors (Lipinski definition) is 4. The van der Waals surface area contributed by atoms with Gasteiger partial charge in [0.15, 0.2) is 6.61 Å². The van der Waals surface area contributed by atoms with Crippen molar-refractivity contribution in [1.82, 2.24) is 9.78 Å². The van der Waals surface area contributed by atoms with Crippen molar-refractivity contribution in [3.8, 4) is 0 Å². The molecule has 1 N–H and O–H groups in total. The number of rotatable bonds is 7. The Balaban J connectivity index is 2.03. The molecule has 2 rings (SSSR count). The summed E-state index contributed by atoms with van der Waals surface area (Å²) in [6, 6.07) is 6.03. The Morgan fingerprint density at radius 3 is 2.21 bits per heavy atom. The van der Waals surface area contributed by atoms with E-state index in [9.17, 15) is 9.59 Å². The van der Waals surface area contributed by atoms with Crippen LogP contribution in [0.4, 0.5) is 5.69 Å². The SMILES string of the molecule is Cc1nn(C)c(C)c1/C=C/C(=O)OCC(=O)Nc1c(C(C)C)cccc1C(C)C. The van der Waals surface area contributed by atoms with Gasteiger partial charge in [0.05, 0.1) is 5.69 Å². The van der Waals surface area contributed by atoms with Crippen LogP contribution in [0.25, 0.3) is 6.08 Å². The highest BCUT2D eigenvalue weighted by atomic mass is 16.5. The maximum Gasteiger partial charge on any atom is 0.331 e. The summed E-state index contributed by atoms with van der Waals surface area (Å²) < 4.78 is 6.88. The van der Waals surface area contributed by atoms with Crippen LogP contribution in [0.15, 0.2) is 24.3 Å². The number of amides is 1. The largest absolute Gasteiger partial charge is 0.452 e. The zero-order valence-corrected chi connectivity index (χ0v) is 18.4.